The molecule has 1 aromatic heterocycles. The molecule has 1 aromatic rings. The van der Waals surface area contributed by atoms with Crippen LogP contribution in [-0.2, 0) is 16.0 Å². The molecule has 0 unspecified atom stereocenters. The zero-order valence-electron chi connectivity index (χ0n) is 9.75. The van der Waals surface area contributed by atoms with E-state index in [1.54, 1.807) is 27.2 Å². The summed E-state index contributed by atoms with van der Waals surface area (Å²) in [7, 11) is 2.39. The fraction of sp³-hybridized carbons (Fsp3) is 0.556. The lowest BCUT2D eigenvalue weighted by Gasteiger charge is -2.09. The Kier molecular flexibility index (Phi) is 4.51. The minimum Gasteiger partial charge on any atom is -0.423 e. The fourth-order valence-electron chi connectivity index (χ4n) is 1.13. The van der Waals surface area contributed by atoms with Crippen molar-refractivity contribution in [3.63, 3.8) is 0 Å². The van der Waals surface area contributed by atoms with Crippen LogP contribution in [0.15, 0.2) is 12.4 Å². The molecule has 0 aliphatic rings. The second-order valence-corrected chi connectivity index (χ2v) is 3.57. The van der Waals surface area contributed by atoms with Crippen molar-refractivity contribution in [2.24, 2.45) is 0 Å². The number of hydrogen-bond acceptors (Lipinski definition) is 4. The van der Waals surface area contributed by atoms with Crippen molar-refractivity contribution < 1.29 is 14.5 Å². The normalized spacial score (nSPS) is 10.2. The van der Waals surface area contributed by atoms with Crippen LogP contribution in [0.3, 0.4) is 0 Å². The summed E-state index contributed by atoms with van der Waals surface area (Å²) < 4.78 is 6.47. The fourth-order valence-corrected chi connectivity index (χ4v) is 1.13. The van der Waals surface area contributed by atoms with Crippen LogP contribution in [-0.4, -0.2) is 53.4 Å². The topological polar surface area (TPSA) is 67.6 Å². The maximum absolute atomic E-state index is 11.4. The molecule has 0 aromatic carbocycles. The van der Waals surface area contributed by atoms with E-state index in [9.17, 15) is 9.82 Å². The third kappa shape index (κ3) is 3.35. The number of rotatable bonds is 5. The monoisotopic (exact) mass is 225 g/mol. The highest BCUT2D eigenvalue weighted by Crippen LogP contribution is 1.90. The minimum absolute atomic E-state index is 0.0550. The maximum atomic E-state index is 11.4. The Morgan fingerprint density at radius 2 is 2.38 bits per heavy atom. The first kappa shape index (κ1) is 12.7. The zero-order valence-corrected chi connectivity index (χ0v) is 9.75. The van der Waals surface area contributed by atoms with Crippen molar-refractivity contribution in [3.8, 4) is 0 Å². The van der Waals surface area contributed by atoms with Crippen LogP contribution in [0, 0.1) is 0 Å². The van der Waals surface area contributed by atoms with Crippen LogP contribution in [0.1, 0.15) is 6.92 Å². The molecule has 1 rings (SSSR count). The minimum atomic E-state index is -0.979. The van der Waals surface area contributed by atoms with Gasteiger partial charge in [-0.3, -0.25) is 9.48 Å². The van der Waals surface area contributed by atoms with E-state index in [4.69, 9.17) is 4.65 Å². The van der Waals surface area contributed by atoms with Gasteiger partial charge in [0.15, 0.2) is 0 Å². The van der Waals surface area contributed by atoms with E-state index in [1.807, 2.05) is 0 Å². The van der Waals surface area contributed by atoms with Crippen molar-refractivity contribution in [1.82, 2.24) is 14.7 Å². The van der Waals surface area contributed by atoms with E-state index in [0.29, 0.717) is 12.1 Å². The predicted molar refractivity (Wildman–Crippen MR) is 60.2 cm³/mol. The molecule has 1 amide bonds. The Labute approximate surface area is 95.0 Å². The molecule has 1 N–H and O–H groups in total. The SMILES string of the molecule is CCOB(O)c1cnn(CC(=O)N(C)C)c1. The summed E-state index contributed by atoms with van der Waals surface area (Å²) in [6.07, 6.45) is 3.09. The summed E-state index contributed by atoms with van der Waals surface area (Å²) in [5.74, 6) is -0.0550. The Balaban J connectivity index is 2.61. The van der Waals surface area contributed by atoms with Gasteiger partial charge in [0.05, 0.1) is 0 Å². The number of carbonyl (C=O) groups is 1. The van der Waals surface area contributed by atoms with Gasteiger partial charge in [0, 0.05) is 38.6 Å². The first-order valence-electron chi connectivity index (χ1n) is 5.06. The zero-order chi connectivity index (χ0) is 12.1. The summed E-state index contributed by atoms with van der Waals surface area (Å²) in [6, 6.07) is 0. The van der Waals surface area contributed by atoms with Gasteiger partial charge in [0.2, 0.25) is 5.91 Å². The van der Waals surface area contributed by atoms with Crippen LogP contribution < -0.4 is 5.46 Å². The third-order valence-electron chi connectivity index (χ3n) is 2.06. The molecule has 0 fully saturated rings. The third-order valence-corrected chi connectivity index (χ3v) is 2.06. The van der Waals surface area contributed by atoms with Crippen molar-refractivity contribution in [3.05, 3.63) is 12.4 Å². The quantitative estimate of drug-likeness (QED) is 0.632. The van der Waals surface area contributed by atoms with E-state index in [1.165, 1.54) is 15.8 Å². The molecule has 1 heterocycles. The van der Waals surface area contributed by atoms with Gasteiger partial charge in [-0.25, -0.2) is 0 Å². The van der Waals surface area contributed by atoms with Crippen LogP contribution in [0.25, 0.3) is 0 Å². The summed E-state index contributed by atoms with van der Waals surface area (Å²) in [4.78, 5) is 12.9. The molecule has 0 aliphatic heterocycles. The Morgan fingerprint density at radius 3 is 2.94 bits per heavy atom. The number of amides is 1. The van der Waals surface area contributed by atoms with Gasteiger partial charge >= 0.3 is 7.12 Å². The van der Waals surface area contributed by atoms with Gasteiger partial charge in [0.25, 0.3) is 0 Å². The average Bonchev–Trinajstić information content (AvgIpc) is 2.66. The molecule has 6 nitrogen and oxygen atoms in total. The van der Waals surface area contributed by atoms with Crippen LogP contribution in [0.4, 0.5) is 0 Å². The molecule has 0 aliphatic carbocycles. The average molecular weight is 225 g/mol. The molecular formula is C9H16BN3O3. The molecule has 0 spiro atoms. The summed E-state index contributed by atoms with van der Waals surface area (Å²) in [6.45, 7) is 2.37. The first-order valence-corrected chi connectivity index (χ1v) is 5.06. The maximum Gasteiger partial charge on any atom is 0.494 e. The largest absolute Gasteiger partial charge is 0.494 e. The molecule has 0 radical (unpaired) electrons. The smallest absolute Gasteiger partial charge is 0.423 e. The molecule has 88 valence electrons. The lowest BCUT2D eigenvalue weighted by Crippen LogP contribution is -2.33. The van der Waals surface area contributed by atoms with Gasteiger partial charge in [-0.15, -0.1) is 0 Å². The van der Waals surface area contributed by atoms with Crippen LogP contribution >= 0.6 is 0 Å². The van der Waals surface area contributed by atoms with E-state index in [-0.39, 0.29) is 12.5 Å². The van der Waals surface area contributed by atoms with Gasteiger partial charge in [-0.05, 0) is 6.92 Å². The molecule has 0 saturated carbocycles. The number of hydrogen-bond donors (Lipinski definition) is 1. The molecule has 0 atom stereocenters. The van der Waals surface area contributed by atoms with Gasteiger partial charge in [-0.2, -0.15) is 5.10 Å². The predicted octanol–water partition coefficient (Wildman–Crippen LogP) is -1.30. The van der Waals surface area contributed by atoms with Crippen LogP contribution in [0.5, 0.6) is 0 Å². The van der Waals surface area contributed by atoms with Crippen molar-refractivity contribution in [1.29, 1.82) is 0 Å². The number of nitrogens with zero attached hydrogens (tertiary/aromatic N) is 3. The number of likely N-dealkylation sites (N-methyl/N-ethyl adjacent to an activating group) is 1. The van der Waals surface area contributed by atoms with E-state index >= 15 is 0 Å². The van der Waals surface area contributed by atoms with Gasteiger partial charge < -0.3 is 14.6 Å². The van der Waals surface area contributed by atoms with Crippen molar-refractivity contribution >= 4 is 18.5 Å². The van der Waals surface area contributed by atoms with E-state index < -0.39 is 7.12 Å². The van der Waals surface area contributed by atoms with Gasteiger partial charge in [0.1, 0.15) is 6.54 Å². The van der Waals surface area contributed by atoms with E-state index in [0.717, 1.165) is 0 Å². The summed E-state index contributed by atoms with van der Waals surface area (Å²) in [5.41, 5.74) is 0.549. The Morgan fingerprint density at radius 1 is 1.69 bits per heavy atom. The molecule has 16 heavy (non-hydrogen) atoms. The highest BCUT2D eigenvalue weighted by molar-refractivity contribution is 6.59. The highest BCUT2D eigenvalue weighted by Gasteiger charge is 2.18. The summed E-state index contributed by atoms with van der Waals surface area (Å²) >= 11 is 0. The van der Waals surface area contributed by atoms with E-state index in [2.05, 4.69) is 5.10 Å². The van der Waals surface area contributed by atoms with Crippen LogP contribution in [0.2, 0.25) is 0 Å². The Bertz CT molecular complexity index is 354. The van der Waals surface area contributed by atoms with Gasteiger partial charge in [-0.1, -0.05) is 0 Å². The second-order valence-electron chi connectivity index (χ2n) is 3.57. The molecular weight excluding hydrogens is 209 g/mol. The number of carbonyl (C=O) groups excluding carboxylic acids is 1. The molecule has 7 heteroatoms. The number of aromatic nitrogens is 2. The standard InChI is InChI=1S/C9H16BN3O3/c1-4-16-10(15)8-5-11-13(6-8)7-9(14)12(2)3/h5-6,15H,4,7H2,1-3H3. The molecule has 0 bridgehead atoms. The lowest BCUT2D eigenvalue weighted by molar-refractivity contribution is -0.129. The van der Waals surface area contributed by atoms with Crippen molar-refractivity contribution in [2.45, 2.75) is 13.5 Å². The summed E-state index contributed by atoms with van der Waals surface area (Å²) in [5, 5.41) is 13.5. The van der Waals surface area contributed by atoms with Crippen molar-refractivity contribution in [2.75, 3.05) is 20.7 Å². The molecule has 0 saturated heterocycles. The lowest BCUT2D eigenvalue weighted by atomic mass is 9.82. The Hall–Kier alpha value is -1.34. The first-order chi connectivity index (χ1) is 7.54. The second kappa shape index (κ2) is 5.67. The highest BCUT2D eigenvalue weighted by atomic mass is 16.5.